The maximum absolute atomic E-state index is 14.6. The molecule has 0 spiro atoms. The van der Waals surface area contributed by atoms with E-state index in [1.807, 2.05) is 0 Å². The maximum Gasteiger partial charge on any atom is 0.259 e. The first-order chi connectivity index (χ1) is 17.8. The molecule has 2 bridgehead atoms. The molecule has 0 saturated carbocycles. The number of ether oxygens (including phenoxy) is 2. The molecule has 5 heterocycles. The first-order valence-electron chi connectivity index (χ1n) is 11.7. The van der Waals surface area contributed by atoms with Crippen molar-refractivity contribution in [2.24, 2.45) is 0 Å². The van der Waals surface area contributed by atoms with Gasteiger partial charge in [-0.05, 0) is 36.4 Å². The molecule has 8 rings (SSSR count). The number of aliphatic hydroxyl groups excluding tert-OH is 2. The SMILES string of the molecule is O=C1NC(=O)c2c1c1c3cc(F)ccc3[nH]c1c1c2c2cc(F)ccc2n1[C@@H]1O[C@@H]2CO[C@H]([C@H]1O)[C@H]2O. The number of nitrogens with one attached hydrogen (secondary N) is 2. The van der Waals surface area contributed by atoms with Crippen LogP contribution < -0.4 is 5.32 Å². The van der Waals surface area contributed by atoms with E-state index >= 15 is 0 Å². The lowest BCUT2D eigenvalue weighted by atomic mass is 9.96. The number of imide groups is 1. The van der Waals surface area contributed by atoms with Crippen molar-refractivity contribution in [2.45, 2.75) is 30.6 Å². The predicted molar refractivity (Wildman–Crippen MR) is 126 cm³/mol. The fraction of sp³-hybridized carbons (Fsp3) is 0.231. The lowest BCUT2D eigenvalue weighted by Gasteiger charge is -2.36. The first-order valence-corrected chi connectivity index (χ1v) is 11.7. The van der Waals surface area contributed by atoms with Gasteiger partial charge in [0.1, 0.15) is 36.1 Å². The van der Waals surface area contributed by atoms with Crippen molar-refractivity contribution in [3.63, 3.8) is 0 Å². The number of amides is 2. The molecular formula is C26H17F2N3O6. The van der Waals surface area contributed by atoms with Crippen LogP contribution in [0.1, 0.15) is 26.9 Å². The Bertz CT molecular complexity index is 1880. The minimum atomic E-state index is -1.31. The molecule has 2 aromatic heterocycles. The summed E-state index contributed by atoms with van der Waals surface area (Å²) in [6.07, 6.45) is -5.03. The summed E-state index contributed by atoms with van der Waals surface area (Å²) in [5, 5.41) is 25.3. The summed E-state index contributed by atoms with van der Waals surface area (Å²) in [7, 11) is 0. The van der Waals surface area contributed by atoms with Crippen molar-refractivity contribution in [3.05, 3.63) is 59.2 Å². The Labute approximate surface area is 205 Å². The number of hydrogen-bond donors (Lipinski definition) is 4. The minimum absolute atomic E-state index is 0.0385. The highest BCUT2D eigenvalue weighted by Gasteiger charge is 2.51. The second-order valence-electron chi connectivity index (χ2n) is 9.70. The number of fused-ring (bicyclic) bond motifs is 12. The van der Waals surface area contributed by atoms with E-state index in [4.69, 9.17) is 9.47 Å². The van der Waals surface area contributed by atoms with Gasteiger partial charge >= 0.3 is 0 Å². The molecule has 9 nitrogen and oxygen atoms in total. The van der Waals surface area contributed by atoms with Crippen LogP contribution in [0.4, 0.5) is 8.78 Å². The van der Waals surface area contributed by atoms with E-state index in [-0.39, 0.29) is 17.7 Å². The van der Waals surface area contributed by atoms with Crippen LogP contribution in [0.3, 0.4) is 0 Å². The molecule has 2 amide bonds. The molecular weight excluding hydrogens is 488 g/mol. The van der Waals surface area contributed by atoms with E-state index in [9.17, 15) is 28.6 Å². The molecule has 2 fully saturated rings. The van der Waals surface area contributed by atoms with E-state index in [0.29, 0.717) is 43.6 Å². The van der Waals surface area contributed by atoms with E-state index < -0.39 is 54.1 Å². The van der Waals surface area contributed by atoms with Crippen molar-refractivity contribution in [1.29, 1.82) is 0 Å². The fourth-order valence-electron chi connectivity index (χ4n) is 6.25. The molecule has 5 atom stereocenters. The number of rotatable bonds is 1. The van der Waals surface area contributed by atoms with Crippen molar-refractivity contribution in [1.82, 2.24) is 14.9 Å². The van der Waals surface area contributed by atoms with Crippen LogP contribution in [-0.4, -0.2) is 62.6 Å². The van der Waals surface area contributed by atoms with Gasteiger partial charge in [-0.1, -0.05) is 0 Å². The second kappa shape index (κ2) is 6.90. The van der Waals surface area contributed by atoms with E-state index in [0.717, 1.165) is 0 Å². The molecule has 4 N–H and O–H groups in total. The van der Waals surface area contributed by atoms with Crippen molar-refractivity contribution < 1.29 is 38.1 Å². The number of carbonyl (C=O) groups excluding carboxylic acids is 2. The van der Waals surface area contributed by atoms with Crippen molar-refractivity contribution in [2.75, 3.05) is 6.61 Å². The highest BCUT2D eigenvalue weighted by molar-refractivity contribution is 6.39. The molecule has 0 radical (unpaired) electrons. The smallest absolute Gasteiger partial charge is 0.259 e. The van der Waals surface area contributed by atoms with E-state index in [2.05, 4.69) is 10.3 Å². The summed E-state index contributed by atoms with van der Waals surface area (Å²) >= 11 is 0. The Morgan fingerprint density at radius 2 is 1.62 bits per heavy atom. The standard InChI is InChI=1S/C26H17F2N3O6/c27-8-1-3-12-10(5-8)15-17-18(25(35)30-24(17)34)16-11-6-9(28)2-4-13(11)31(20(16)19(15)29-12)26-22(33)23-21(32)14(37-26)7-36-23/h1-6,14,21-23,26,29,32-33H,7H2,(H,30,34,35)/t14-,21+,22-,23+,26-/m1/s1. The second-order valence-corrected chi connectivity index (χ2v) is 9.70. The molecule has 3 aliphatic rings. The van der Waals surface area contributed by atoms with Crippen molar-refractivity contribution >= 4 is 55.4 Å². The quantitative estimate of drug-likeness (QED) is 0.260. The van der Waals surface area contributed by atoms with Crippen LogP contribution in [0.25, 0.3) is 43.6 Å². The predicted octanol–water partition coefficient (Wildman–Crippen LogP) is 2.61. The highest BCUT2D eigenvalue weighted by atomic mass is 19.1. The highest BCUT2D eigenvalue weighted by Crippen LogP contribution is 2.47. The number of aromatic amines is 1. The Morgan fingerprint density at radius 3 is 2.41 bits per heavy atom. The molecule has 0 unspecified atom stereocenters. The topological polar surface area (TPSA) is 126 Å². The molecule has 3 aliphatic heterocycles. The largest absolute Gasteiger partial charge is 0.387 e. The van der Waals surface area contributed by atoms with Gasteiger partial charge in [0.15, 0.2) is 6.23 Å². The van der Waals surface area contributed by atoms with Gasteiger partial charge in [-0.2, -0.15) is 0 Å². The normalized spacial score (nSPS) is 27.2. The Hall–Kier alpha value is -3.90. The number of H-pyrrole nitrogens is 1. The number of carbonyl (C=O) groups is 2. The summed E-state index contributed by atoms with van der Waals surface area (Å²) in [6.45, 7) is 0.0819. The van der Waals surface area contributed by atoms with Crippen LogP contribution in [0.2, 0.25) is 0 Å². The van der Waals surface area contributed by atoms with Crippen LogP contribution in [-0.2, 0) is 9.47 Å². The molecule has 11 heteroatoms. The van der Waals surface area contributed by atoms with Gasteiger partial charge < -0.3 is 29.2 Å². The molecule has 37 heavy (non-hydrogen) atoms. The zero-order valence-electron chi connectivity index (χ0n) is 18.8. The number of aliphatic hydroxyl groups is 2. The number of nitrogens with zero attached hydrogens (tertiary/aromatic N) is 1. The lowest BCUT2D eigenvalue weighted by Crippen LogP contribution is -2.50. The number of benzene rings is 3. The van der Waals surface area contributed by atoms with Gasteiger partial charge in [0.25, 0.3) is 11.8 Å². The molecule has 5 aromatic rings. The van der Waals surface area contributed by atoms with Crippen LogP contribution in [0.15, 0.2) is 36.4 Å². The Balaban J connectivity index is 1.61. The third kappa shape index (κ3) is 2.54. The van der Waals surface area contributed by atoms with Gasteiger partial charge in [0.2, 0.25) is 0 Å². The number of aromatic nitrogens is 2. The van der Waals surface area contributed by atoms with Crippen molar-refractivity contribution in [3.8, 4) is 0 Å². The number of halogens is 2. The van der Waals surface area contributed by atoms with Gasteiger partial charge in [-0.15, -0.1) is 0 Å². The monoisotopic (exact) mass is 505 g/mol. The zero-order chi connectivity index (χ0) is 25.3. The van der Waals surface area contributed by atoms with Gasteiger partial charge in [-0.3, -0.25) is 14.9 Å². The average Bonchev–Trinajstić information content (AvgIpc) is 3.55. The average molecular weight is 505 g/mol. The van der Waals surface area contributed by atoms with Gasteiger partial charge in [-0.25, -0.2) is 8.78 Å². The molecule has 2 saturated heterocycles. The molecule has 186 valence electrons. The summed E-state index contributed by atoms with van der Waals surface area (Å²) < 4.78 is 42.2. The third-order valence-electron chi connectivity index (χ3n) is 7.76. The van der Waals surface area contributed by atoms with Crippen LogP contribution in [0.5, 0.6) is 0 Å². The fourth-order valence-corrected chi connectivity index (χ4v) is 6.25. The van der Waals surface area contributed by atoms with Crippen LogP contribution in [0, 0.1) is 11.6 Å². The minimum Gasteiger partial charge on any atom is -0.387 e. The first kappa shape index (κ1) is 21.2. The Kier molecular flexibility index (Phi) is 3.95. The molecule has 0 aliphatic carbocycles. The summed E-state index contributed by atoms with van der Waals surface area (Å²) in [4.78, 5) is 29.4. The summed E-state index contributed by atoms with van der Waals surface area (Å²) in [5.41, 5.74) is 1.82. The lowest BCUT2D eigenvalue weighted by molar-refractivity contribution is -0.192. The summed E-state index contributed by atoms with van der Waals surface area (Å²) in [5.74, 6) is -2.39. The number of hydrogen-bond acceptors (Lipinski definition) is 6. The van der Waals surface area contributed by atoms with Gasteiger partial charge in [0, 0.05) is 27.1 Å². The van der Waals surface area contributed by atoms with Crippen LogP contribution >= 0.6 is 0 Å². The third-order valence-corrected chi connectivity index (χ3v) is 7.76. The Morgan fingerprint density at radius 1 is 0.919 bits per heavy atom. The summed E-state index contributed by atoms with van der Waals surface area (Å²) in [6, 6.07) is 8.09. The molecule has 3 aromatic carbocycles. The van der Waals surface area contributed by atoms with E-state index in [1.165, 1.54) is 36.4 Å². The maximum atomic E-state index is 14.6. The van der Waals surface area contributed by atoms with Gasteiger partial charge in [0.05, 0.1) is 34.3 Å². The zero-order valence-corrected chi connectivity index (χ0v) is 18.8. The van der Waals surface area contributed by atoms with E-state index in [1.54, 1.807) is 4.57 Å².